The second-order valence-electron chi connectivity index (χ2n) is 2.64. The van der Waals surface area contributed by atoms with Gasteiger partial charge >= 0.3 is 0 Å². The zero-order valence-corrected chi connectivity index (χ0v) is 5.23. The molecule has 0 aliphatic heterocycles. The molecule has 1 heteroatoms. The molecule has 1 nitrogen and oxygen atoms in total. The van der Waals surface area contributed by atoms with Crippen LogP contribution in [-0.4, -0.2) is 6.61 Å². The van der Waals surface area contributed by atoms with Gasteiger partial charge in [-0.3, -0.25) is 0 Å². The lowest BCUT2D eigenvalue weighted by atomic mass is 10.1. The van der Waals surface area contributed by atoms with E-state index in [1.54, 1.807) is 0 Å². The molecule has 1 aliphatic rings. The van der Waals surface area contributed by atoms with Gasteiger partial charge in [-0.1, -0.05) is 25.7 Å². The van der Waals surface area contributed by atoms with Gasteiger partial charge < -0.3 is 0 Å². The summed E-state index contributed by atoms with van der Waals surface area (Å²) in [7, 11) is 0. The van der Waals surface area contributed by atoms with Crippen LogP contribution in [-0.2, 0) is 5.11 Å². The Labute approximate surface area is 50.7 Å². The van der Waals surface area contributed by atoms with Crippen molar-refractivity contribution in [3.8, 4) is 0 Å². The van der Waals surface area contributed by atoms with Crippen LogP contribution in [0.25, 0.3) is 0 Å². The lowest BCUT2D eigenvalue weighted by molar-refractivity contribution is 0.171. The Bertz CT molecular complexity index is 55.4. The average Bonchev–Trinajstić information content (AvgIpc) is 2.19. The van der Waals surface area contributed by atoms with Crippen molar-refractivity contribution in [3.63, 3.8) is 0 Å². The monoisotopic (exact) mass is 113 g/mol. The first-order valence-corrected chi connectivity index (χ1v) is 3.51. The van der Waals surface area contributed by atoms with Crippen LogP contribution in [0, 0.1) is 5.92 Å². The standard InChI is InChI=1S/C7H13O/c8-6-5-7-3-1-2-4-7/h7H,1-6H2. The molecule has 0 aromatic carbocycles. The molecule has 1 rings (SSSR count). The predicted molar refractivity (Wildman–Crippen MR) is 32.1 cm³/mol. The highest BCUT2D eigenvalue weighted by Crippen LogP contribution is 2.26. The van der Waals surface area contributed by atoms with Crippen LogP contribution in [0.1, 0.15) is 32.1 Å². The SMILES string of the molecule is [O]CCC1CCCC1. The maximum Gasteiger partial charge on any atom is 0.0825 e. The van der Waals surface area contributed by atoms with Gasteiger partial charge in [-0.25, -0.2) is 5.11 Å². The molecule has 0 atom stereocenters. The molecular formula is C7H13O. The molecule has 0 N–H and O–H groups in total. The van der Waals surface area contributed by atoms with Gasteiger partial charge in [-0.15, -0.1) is 0 Å². The molecule has 0 bridgehead atoms. The van der Waals surface area contributed by atoms with Crippen LogP contribution in [0.5, 0.6) is 0 Å². The normalized spacial score (nSPS) is 22.1. The fourth-order valence-electron chi connectivity index (χ4n) is 1.47. The van der Waals surface area contributed by atoms with E-state index in [1.165, 1.54) is 25.7 Å². The van der Waals surface area contributed by atoms with Crippen molar-refractivity contribution in [2.75, 3.05) is 6.61 Å². The van der Waals surface area contributed by atoms with Crippen molar-refractivity contribution in [1.29, 1.82) is 0 Å². The minimum Gasteiger partial charge on any atom is -0.237 e. The summed E-state index contributed by atoms with van der Waals surface area (Å²) in [5, 5.41) is 10.1. The summed E-state index contributed by atoms with van der Waals surface area (Å²) >= 11 is 0. The first-order valence-electron chi connectivity index (χ1n) is 3.51. The van der Waals surface area contributed by atoms with Gasteiger partial charge in [0.2, 0.25) is 0 Å². The van der Waals surface area contributed by atoms with Crippen LogP contribution >= 0.6 is 0 Å². The van der Waals surface area contributed by atoms with Crippen LogP contribution in [0.15, 0.2) is 0 Å². The minimum absolute atomic E-state index is 0.144. The summed E-state index contributed by atoms with van der Waals surface area (Å²) < 4.78 is 0. The van der Waals surface area contributed by atoms with Gasteiger partial charge in [0.15, 0.2) is 0 Å². The van der Waals surface area contributed by atoms with Gasteiger partial charge in [0.05, 0.1) is 6.61 Å². The molecule has 8 heavy (non-hydrogen) atoms. The molecule has 1 aliphatic carbocycles. The number of hydrogen-bond acceptors (Lipinski definition) is 0. The van der Waals surface area contributed by atoms with Crippen molar-refractivity contribution < 1.29 is 5.11 Å². The Kier molecular flexibility index (Phi) is 2.34. The summed E-state index contributed by atoms with van der Waals surface area (Å²) in [4.78, 5) is 0. The summed E-state index contributed by atoms with van der Waals surface area (Å²) in [6.45, 7) is 0.144. The van der Waals surface area contributed by atoms with Gasteiger partial charge in [-0.05, 0) is 12.3 Å². The van der Waals surface area contributed by atoms with E-state index in [9.17, 15) is 5.11 Å². The average molecular weight is 113 g/mol. The van der Waals surface area contributed by atoms with Crippen molar-refractivity contribution in [2.45, 2.75) is 32.1 Å². The second-order valence-corrected chi connectivity index (χ2v) is 2.64. The van der Waals surface area contributed by atoms with E-state index in [4.69, 9.17) is 0 Å². The Hall–Kier alpha value is -0.0400. The maximum absolute atomic E-state index is 10.1. The third-order valence-corrected chi connectivity index (χ3v) is 2.00. The van der Waals surface area contributed by atoms with Gasteiger partial charge in [0.25, 0.3) is 0 Å². The highest BCUT2D eigenvalue weighted by atomic mass is 16.3. The minimum atomic E-state index is 0.144. The molecule has 0 aromatic rings. The largest absolute Gasteiger partial charge is 0.237 e. The summed E-state index contributed by atoms with van der Waals surface area (Å²) in [6, 6.07) is 0. The third-order valence-electron chi connectivity index (χ3n) is 2.00. The van der Waals surface area contributed by atoms with Gasteiger partial charge in [0, 0.05) is 0 Å². The van der Waals surface area contributed by atoms with Crippen molar-refractivity contribution in [3.05, 3.63) is 0 Å². The van der Waals surface area contributed by atoms with E-state index < -0.39 is 0 Å². The first kappa shape index (κ1) is 6.09. The molecule has 1 radical (unpaired) electrons. The molecule has 0 aromatic heterocycles. The molecular weight excluding hydrogens is 100 g/mol. The van der Waals surface area contributed by atoms with E-state index in [-0.39, 0.29) is 6.61 Å². The smallest absolute Gasteiger partial charge is 0.0825 e. The quantitative estimate of drug-likeness (QED) is 0.522. The predicted octanol–water partition coefficient (Wildman–Crippen LogP) is 2.00. The van der Waals surface area contributed by atoms with Gasteiger partial charge in [0.1, 0.15) is 0 Å². The number of hydrogen-bond donors (Lipinski definition) is 0. The fraction of sp³-hybridized carbons (Fsp3) is 1.00. The highest BCUT2D eigenvalue weighted by molar-refractivity contribution is 4.65. The van der Waals surface area contributed by atoms with Crippen LogP contribution in [0.4, 0.5) is 0 Å². The maximum atomic E-state index is 10.1. The fourth-order valence-corrected chi connectivity index (χ4v) is 1.47. The molecule has 1 saturated carbocycles. The Morgan fingerprint density at radius 3 is 2.38 bits per heavy atom. The van der Waals surface area contributed by atoms with E-state index >= 15 is 0 Å². The summed E-state index contributed by atoms with van der Waals surface area (Å²) in [5.41, 5.74) is 0. The van der Waals surface area contributed by atoms with Crippen LogP contribution < -0.4 is 0 Å². The highest BCUT2D eigenvalue weighted by Gasteiger charge is 2.13. The zero-order valence-electron chi connectivity index (χ0n) is 5.23. The molecule has 0 spiro atoms. The topological polar surface area (TPSA) is 19.9 Å². The van der Waals surface area contributed by atoms with Crippen molar-refractivity contribution in [1.82, 2.24) is 0 Å². The van der Waals surface area contributed by atoms with E-state index in [2.05, 4.69) is 0 Å². The van der Waals surface area contributed by atoms with E-state index in [0.717, 1.165) is 12.3 Å². The molecule has 47 valence electrons. The molecule has 0 unspecified atom stereocenters. The Morgan fingerprint density at radius 2 is 1.88 bits per heavy atom. The Morgan fingerprint density at radius 1 is 1.25 bits per heavy atom. The number of rotatable bonds is 2. The summed E-state index contributed by atoms with van der Waals surface area (Å²) in [6.07, 6.45) is 6.31. The third kappa shape index (κ3) is 1.48. The Balaban J connectivity index is 2.06. The lowest BCUT2D eigenvalue weighted by Gasteiger charge is -2.01. The van der Waals surface area contributed by atoms with Gasteiger partial charge in [-0.2, -0.15) is 0 Å². The molecule has 0 heterocycles. The molecule has 0 amide bonds. The first-order chi connectivity index (χ1) is 3.93. The van der Waals surface area contributed by atoms with Crippen LogP contribution in [0.3, 0.4) is 0 Å². The second kappa shape index (κ2) is 3.08. The van der Waals surface area contributed by atoms with E-state index in [0.29, 0.717) is 0 Å². The van der Waals surface area contributed by atoms with Crippen LogP contribution in [0.2, 0.25) is 0 Å². The summed E-state index contributed by atoms with van der Waals surface area (Å²) in [5.74, 6) is 0.799. The van der Waals surface area contributed by atoms with Crippen molar-refractivity contribution >= 4 is 0 Å². The lowest BCUT2D eigenvalue weighted by Crippen LogP contribution is -1.94. The molecule has 1 fully saturated rings. The van der Waals surface area contributed by atoms with E-state index in [1.807, 2.05) is 0 Å². The zero-order chi connectivity index (χ0) is 5.82. The molecule has 0 saturated heterocycles. The van der Waals surface area contributed by atoms with Crippen molar-refractivity contribution in [2.24, 2.45) is 5.92 Å².